The Hall–Kier alpha value is 1.63. The SMILES string of the molecule is C[CH2][Ge]([CH2]C)[CH2]C.C[CH2][Ge]([CH2]C)[CH2]C.C[CH2][Ge][CH2]C. The third-order valence-electron chi connectivity index (χ3n) is 3.50. The molecule has 0 heterocycles. The number of hydrogen-bond acceptors (Lipinski definition) is 0. The molecule has 0 amide bonds. The third-order valence-corrected chi connectivity index (χ3v) is 18.2. The Bertz CT molecular complexity index is 96.1. The molecule has 116 valence electrons. The van der Waals surface area contributed by atoms with E-state index in [9.17, 15) is 0 Å². The summed E-state index contributed by atoms with van der Waals surface area (Å²) in [7, 11) is 0. The molecule has 0 unspecified atom stereocenters. The van der Waals surface area contributed by atoms with Gasteiger partial charge >= 0.3 is 142 Å². The summed E-state index contributed by atoms with van der Waals surface area (Å²) in [5.74, 6) is 0. The molecular weight excluding hydrogens is 410 g/mol. The summed E-state index contributed by atoms with van der Waals surface area (Å²) < 4.78 is 0. The van der Waals surface area contributed by atoms with E-state index in [1.807, 2.05) is 0 Å². The third kappa shape index (κ3) is 25.0. The van der Waals surface area contributed by atoms with Gasteiger partial charge in [0.25, 0.3) is 0 Å². The molecular formula is C16H40Ge3. The summed E-state index contributed by atoms with van der Waals surface area (Å²) in [6.07, 6.45) is 0. The van der Waals surface area contributed by atoms with E-state index in [2.05, 4.69) is 55.4 Å². The van der Waals surface area contributed by atoms with Crippen molar-refractivity contribution < 1.29 is 0 Å². The molecule has 0 N–H and O–H groups in total. The van der Waals surface area contributed by atoms with Gasteiger partial charge in [-0.05, 0) is 0 Å². The molecule has 4 radical (unpaired) electrons. The van der Waals surface area contributed by atoms with E-state index in [4.69, 9.17) is 0 Å². The summed E-state index contributed by atoms with van der Waals surface area (Å²) in [5.41, 5.74) is 0. The molecule has 3 heteroatoms. The molecule has 0 aliphatic carbocycles. The molecule has 0 bridgehead atoms. The van der Waals surface area contributed by atoms with Crippen molar-refractivity contribution in [2.24, 2.45) is 0 Å². The van der Waals surface area contributed by atoms with E-state index in [1.165, 1.54) is 42.0 Å². The van der Waals surface area contributed by atoms with Gasteiger partial charge in [-0.1, -0.05) is 0 Å². The molecule has 0 saturated carbocycles. The molecule has 0 rings (SSSR count). The van der Waals surface area contributed by atoms with Gasteiger partial charge in [-0.3, -0.25) is 0 Å². The van der Waals surface area contributed by atoms with Crippen molar-refractivity contribution in [2.45, 2.75) is 97.4 Å². The fraction of sp³-hybridized carbons (Fsp3) is 1.00. The molecule has 0 fully saturated rings. The van der Waals surface area contributed by atoms with Crippen LogP contribution in [0.1, 0.15) is 55.4 Å². The van der Waals surface area contributed by atoms with Crippen molar-refractivity contribution in [3.8, 4) is 0 Å². The van der Waals surface area contributed by atoms with Crippen LogP contribution in [0.5, 0.6) is 0 Å². The van der Waals surface area contributed by atoms with E-state index in [1.54, 1.807) is 0 Å². The Labute approximate surface area is 141 Å². The normalized spacial score (nSPS) is 9.79. The molecule has 0 nitrogen and oxygen atoms in total. The first kappa shape index (κ1) is 25.6. The maximum absolute atomic E-state index is 2.34. The van der Waals surface area contributed by atoms with Gasteiger partial charge in [-0.15, -0.1) is 0 Å². The molecule has 0 aromatic carbocycles. The average Bonchev–Trinajstić information content (AvgIpc) is 2.45. The van der Waals surface area contributed by atoms with Gasteiger partial charge in [0.2, 0.25) is 0 Å². The Morgan fingerprint density at radius 3 is 0.684 bits per heavy atom. The predicted octanol–water partition coefficient (Wildman–Crippen LogP) is 6.65. The van der Waals surface area contributed by atoms with Gasteiger partial charge in [-0.25, -0.2) is 0 Å². The van der Waals surface area contributed by atoms with Crippen molar-refractivity contribution in [3.05, 3.63) is 0 Å². The Morgan fingerprint density at radius 2 is 0.684 bits per heavy atom. The zero-order valence-corrected chi connectivity index (χ0v) is 21.5. The molecule has 0 saturated heterocycles. The van der Waals surface area contributed by atoms with Crippen LogP contribution < -0.4 is 0 Å². The zero-order valence-electron chi connectivity index (χ0n) is 15.2. The standard InChI is InChI=1S/2C6H15Ge.C4H10Ge/c2*1-4-7(5-2)6-3;1-3-5-4-2/h2*4-6H2,1-3H3;3-4H2,1-2H3. The Kier molecular flexibility index (Phi) is 33.2. The number of hydrogen-bond donors (Lipinski definition) is 0. The van der Waals surface area contributed by atoms with Gasteiger partial charge in [0.1, 0.15) is 0 Å². The second-order valence-corrected chi connectivity index (χ2v) is 23.8. The maximum atomic E-state index is 2.34. The molecule has 0 aromatic rings. The molecule has 0 aliphatic heterocycles. The van der Waals surface area contributed by atoms with Crippen LogP contribution in [0.4, 0.5) is 0 Å². The van der Waals surface area contributed by atoms with Crippen LogP contribution in [0.3, 0.4) is 0 Å². The fourth-order valence-corrected chi connectivity index (χ4v) is 9.09. The van der Waals surface area contributed by atoms with Gasteiger partial charge in [-0.2, -0.15) is 0 Å². The monoisotopic (exact) mass is 454 g/mol. The quantitative estimate of drug-likeness (QED) is 0.364. The van der Waals surface area contributed by atoms with Crippen LogP contribution in [-0.2, 0) is 0 Å². The Balaban J connectivity index is -0.000000206. The molecule has 0 atom stereocenters. The van der Waals surface area contributed by atoms with Crippen LogP contribution in [0.15, 0.2) is 0 Å². The van der Waals surface area contributed by atoms with Crippen LogP contribution in [0.2, 0.25) is 42.0 Å². The van der Waals surface area contributed by atoms with E-state index in [0.29, 0.717) is 15.4 Å². The van der Waals surface area contributed by atoms with Crippen LogP contribution >= 0.6 is 0 Å². The van der Waals surface area contributed by atoms with Gasteiger partial charge in [0.15, 0.2) is 0 Å². The second-order valence-electron chi connectivity index (χ2n) is 4.58. The summed E-state index contributed by atoms with van der Waals surface area (Å²) >= 11 is -0.278. The average molecular weight is 450 g/mol. The first-order valence-electron chi connectivity index (χ1n) is 8.49. The molecule has 0 aromatic heterocycles. The first-order chi connectivity index (χ1) is 9.11. The van der Waals surface area contributed by atoms with Crippen molar-refractivity contribution in [2.75, 3.05) is 0 Å². The van der Waals surface area contributed by atoms with Crippen molar-refractivity contribution in [1.29, 1.82) is 0 Å². The molecule has 0 aliphatic rings. The second kappa shape index (κ2) is 24.6. The van der Waals surface area contributed by atoms with Crippen molar-refractivity contribution >= 4 is 44.1 Å². The Morgan fingerprint density at radius 1 is 0.474 bits per heavy atom. The minimum atomic E-state index is -0.403. The minimum absolute atomic E-state index is 0.403. The summed E-state index contributed by atoms with van der Waals surface area (Å²) in [5, 5.41) is 12.1. The summed E-state index contributed by atoms with van der Waals surface area (Å²) in [6, 6.07) is 0. The summed E-state index contributed by atoms with van der Waals surface area (Å²) in [4.78, 5) is 0. The van der Waals surface area contributed by atoms with Crippen LogP contribution in [0.25, 0.3) is 0 Å². The zero-order chi connectivity index (χ0) is 15.5. The van der Waals surface area contributed by atoms with Gasteiger partial charge in [0, 0.05) is 0 Å². The first-order valence-corrected chi connectivity index (χ1v) is 20.4. The van der Waals surface area contributed by atoms with E-state index < -0.39 is 28.7 Å². The van der Waals surface area contributed by atoms with Gasteiger partial charge < -0.3 is 0 Å². The van der Waals surface area contributed by atoms with Crippen molar-refractivity contribution in [1.82, 2.24) is 0 Å². The van der Waals surface area contributed by atoms with E-state index >= 15 is 0 Å². The number of rotatable bonds is 8. The van der Waals surface area contributed by atoms with Crippen LogP contribution in [-0.4, -0.2) is 44.1 Å². The molecule has 19 heavy (non-hydrogen) atoms. The molecule has 0 spiro atoms. The van der Waals surface area contributed by atoms with E-state index in [-0.39, 0.29) is 0 Å². The van der Waals surface area contributed by atoms with Gasteiger partial charge in [0.05, 0.1) is 0 Å². The predicted molar refractivity (Wildman–Crippen MR) is 101 cm³/mol. The fourth-order valence-electron chi connectivity index (χ4n) is 1.75. The summed E-state index contributed by atoms with van der Waals surface area (Å²) in [6.45, 7) is 18.5. The van der Waals surface area contributed by atoms with E-state index in [0.717, 1.165) is 0 Å². The van der Waals surface area contributed by atoms with Crippen LogP contribution in [0, 0.1) is 0 Å². The van der Waals surface area contributed by atoms with Crippen molar-refractivity contribution in [3.63, 3.8) is 0 Å². The topological polar surface area (TPSA) is 0 Å².